The van der Waals surface area contributed by atoms with Crippen LogP contribution in [0.3, 0.4) is 0 Å². The minimum atomic E-state index is -0.520. The minimum Gasteiger partial charge on any atom is -0.267 e. The van der Waals surface area contributed by atoms with E-state index in [0.29, 0.717) is 16.3 Å². The Kier molecular flexibility index (Phi) is 5.08. The molecule has 0 unspecified atom stereocenters. The number of nitrogens with one attached hydrogen (secondary N) is 1. The van der Waals surface area contributed by atoms with Gasteiger partial charge in [-0.05, 0) is 37.6 Å². The molecule has 0 aliphatic carbocycles. The second kappa shape index (κ2) is 7.02. The molecule has 0 fully saturated rings. The largest absolute Gasteiger partial charge is 0.273 e. The summed E-state index contributed by atoms with van der Waals surface area (Å²) in [4.78, 5) is 22.4. The molecule has 2 aromatic carbocycles. The van der Waals surface area contributed by atoms with E-state index in [1.807, 2.05) is 0 Å². The molecule has 0 bridgehead atoms. The highest BCUT2D eigenvalue weighted by molar-refractivity contribution is 6.30. The van der Waals surface area contributed by atoms with Crippen molar-refractivity contribution < 1.29 is 9.72 Å². The van der Waals surface area contributed by atoms with Crippen molar-refractivity contribution in [3.05, 3.63) is 74.3 Å². The summed E-state index contributed by atoms with van der Waals surface area (Å²) in [5.74, 6) is -0.513. The number of nitro benzene ring substituents is 1. The first kappa shape index (κ1) is 16.6. The Labute approximate surface area is 137 Å². The maximum absolute atomic E-state index is 12.1. The summed E-state index contributed by atoms with van der Waals surface area (Å²) in [7, 11) is 0. The molecule has 23 heavy (non-hydrogen) atoms. The van der Waals surface area contributed by atoms with Crippen molar-refractivity contribution in [2.45, 2.75) is 13.8 Å². The topological polar surface area (TPSA) is 84.6 Å². The summed E-state index contributed by atoms with van der Waals surface area (Å²) in [5, 5.41) is 15.5. The third-order valence-electron chi connectivity index (χ3n) is 3.26. The highest BCUT2D eigenvalue weighted by Crippen LogP contribution is 2.19. The SMILES string of the molecule is C/C(=N\NC(=O)c1ccc(C)c([N+](=O)[O-])c1)c1ccc(Cl)cc1. The van der Waals surface area contributed by atoms with Crippen molar-refractivity contribution in [3.63, 3.8) is 0 Å². The average Bonchev–Trinajstić information content (AvgIpc) is 2.53. The van der Waals surface area contributed by atoms with Crippen molar-refractivity contribution in [2.24, 2.45) is 5.10 Å². The van der Waals surface area contributed by atoms with Crippen LogP contribution in [0.2, 0.25) is 5.02 Å². The van der Waals surface area contributed by atoms with E-state index in [1.54, 1.807) is 38.1 Å². The van der Waals surface area contributed by atoms with Crippen LogP contribution in [0.1, 0.15) is 28.4 Å². The predicted octanol–water partition coefficient (Wildman–Crippen LogP) is 3.71. The van der Waals surface area contributed by atoms with Crippen LogP contribution in [0.4, 0.5) is 5.69 Å². The molecule has 0 spiro atoms. The molecule has 0 radical (unpaired) electrons. The maximum atomic E-state index is 12.1. The van der Waals surface area contributed by atoms with Gasteiger partial charge in [0.15, 0.2) is 0 Å². The molecule has 2 aromatic rings. The monoisotopic (exact) mass is 331 g/mol. The zero-order chi connectivity index (χ0) is 17.0. The van der Waals surface area contributed by atoms with Crippen LogP contribution in [0.25, 0.3) is 0 Å². The van der Waals surface area contributed by atoms with Crippen molar-refractivity contribution in [3.8, 4) is 0 Å². The number of halogens is 1. The number of carbonyl (C=O) groups excluding carboxylic acids is 1. The Bertz CT molecular complexity index is 786. The Balaban J connectivity index is 2.16. The quantitative estimate of drug-likeness (QED) is 0.526. The summed E-state index contributed by atoms with van der Waals surface area (Å²) in [6.07, 6.45) is 0. The first-order valence-corrected chi connectivity index (χ1v) is 7.12. The molecule has 0 aliphatic rings. The third-order valence-corrected chi connectivity index (χ3v) is 3.51. The van der Waals surface area contributed by atoms with Crippen LogP contribution in [0.15, 0.2) is 47.6 Å². The number of rotatable bonds is 4. The highest BCUT2D eigenvalue weighted by atomic mass is 35.5. The highest BCUT2D eigenvalue weighted by Gasteiger charge is 2.14. The molecule has 0 saturated carbocycles. The van der Waals surface area contributed by atoms with Gasteiger partial charge in [-0.15, -0.1) is 0 Å². The first-order chi connectivity index (χ1) is 10.9. The summed E-state index contributed by atoms with van der Waals surface area (Å²) < 4.78 is 0. The molecule has 1 amide bonds. The van der Waals surface area contributed by atoms with Crippen LogP contribution in [0.5, 0.6) is 0 Å². The van der Waals surface area contributed by atoms with E-state index in [0.717, 1.165) is 5.56 Å². The molecule has 7 heteroatoms. The van der Waals surface area contributed by atoms with Gasteiger partial charge in [-0.25, -0.2) is 5.43 Å². The minimum absolute atomic E-state index is 0.101. The van der Waals surface area contributed by atoms with E-state index in [9.17, 15) is 14.9 Å². The molecule has 0 aliphatic heterocycles. The Morgan fingerprint density at radius 3 is 2.39 bits per heavy atom. The second-order valence-corrected chi connectivity index (χ2v) is 5.34. The van der Waals surface area contributed by atoms with Gasteiger partial charge in [0.25, 0.3) is 11.6 Å². The van der Waals surface area contributed by atoms with Gasteiger partial charge in [0.1, 0.15) is 0 Å². The predicted molar refractivity (Wildman–Crippen MR) is 89.0 cm³/mol. The lowest BCUT2D eigenvalue weighted by Crippen LogP contribution is -2.19. The maximum Gasteiger partial charge on any atom is 0.273 e. The number of hydrazone groups is 1. The Hall–Kier alpha value is -2.73. The van der Waals surface area contributed by atoms with Gasteiger partial charge in [-0.3, -0.25) is 14.9 Å². The van der Waals surface area contributed by atoms with Gasteiger partial charge in [0, 0.05) is 22.2 Å². The van der Waals surface area contributed by atoms with Gasteiger partial charge in [-0.1, -0.05) is 29.8 Å². The molecule has 2 rings (SSSR count). The van der Waals surface area contributed by atoms with Gasteiger partial charge in [0.2, 0.25) is 0 Å². The zero-order valence-corrected chi connectivity index (χ0v) is 13.3. The normalized spacial score (nSPS) is 11.2. The van der Waals surface area contributed by atoms with Crippen molar-refractivity contribution >= 4 is 28.9 Å². The molecular formula is C16H14ClN3O3. The summed E-state index contributed by atoms with van der Waals surface area (Å²) in [6.45, 7) is 3.35. The Morgan fingerprint density at radius 1 is 1.17 bits per heavy atom. The fourth-order valence-corrected chi connectivity index (χ4v) is 2.03. The van der Waals surface area contributed by atoms with E-state index in [-0.39, 0.29) is 11.3 Å². The van der Waals surface area contributed by atoms with Crippen molar-refractivity contribution in [2.75, 3.05) is 0 Å². The van der Waals surface area contributed by atoms with Crippen LogP contribution < -0.4 is 5.43 Å². The van der Waals surface area contributed by atoms with Gasteiger partial charge in [0.05, 0.1) is 10.6 Å². The van der Waals surface area contributed by atoms with Crippen LogP contribution in [0, 0.1) is 17.0 Å². The van der Waals surface area contributed by atoms with Crippen molar-refractivity contribution in [1.82, 2.24) is 5.43 Å². The molecule has 0 atom stereocenters. The number of aryl methyl sites for hydroxylation is 1. The molecule has 0 heterocycles. The van der Waals surface area contributed by atoms with E-state index >= 15 is 0 Å². The lowest BCUT2D eigenvalue weighted by atomic mass is 10.1. The van der Waals surface area contributed by atoms with Gasteiger partial charge in [-0.2, -0.15) is 5.10 Å². The lowest BCUT2D eigenvalue weighted by molar-refractivity contribution is -0.385. The number of amides is 1. The van der Waals surface area contributed by atoms with Crippen LogP contribution in [-0.2, 0) is 0 Å². The van der Waals surface area contributed by atoms with Gasteiger partial charge >= 0.3 is 0 Å². The fourth-order valence-electron chi connectivity index (χ4n) is 1.90. The first-order valence-electron chi connectivity index (χ1n) is 6.74. The number of nitrogens with zero attached hydrogens (tertiary/aromatic N) is 2. The van der Waals surface area contributed by atoms with E-state index < -0.39 is 10.8 Å². The van der Waals surface area contributed by atoms with E-state index in [1.165, 1.54) is 18.2 Å². The molecule has 118 valence electrons. The lowest BCUT2D eigenvalue weighted by Gasteiger charge is -2.04. The Morgan fingerprint density at radius 2 is 1.78 bits per heavy atom. The molecule has 0 saturated heterocycles. The second-order valence-electron chi connectivity index (χ2n) is 4.90. The standard InChI is InChI=1S/C16H14ClN3O3/c1-10-3-4-13(9-15(10)20(22)23)16(21)19-18-11(2)12-5-7-14(17)8-6-12/h3-9H,1-2H3,(H,19,21)/b18-11+. The number of hydrogen-bond donors (Lipinski definition) is 1. The molecular weight excluding hydrogens is 318 g/mol. The van der Waals surface area contributed by atoms with Crippen LogP contribution >= 0.6 is 11.6 Å². The zero-order valence-electron chi connectivity index (χ0n) is 12.5. The fraction of sp³-hybridized carbons (Fsp3) is 0.125. The van der Waals surface area contributed by atoms with Crippen LogP contribution in [-0.4, -0.2) is 16.5 Å². The summed E-state index contributed by atoms with van der Waals surface area (Å²) in [6, 6.07) is 11.3. The average molecular weight is 332 g/mol. The molecule has 0 aromatic heterocycles. The number of benzene rings is 2. The van der Waals surface area contributed by atoms with Gasteiger partial charge < -0.3 is 0 Å². The van der Waals surface area contributed by atoms with Crippen molar-refractivity contribution in [1.29, 1.82) is 0 Å². The smallest absolute Gasteiger partial charge is 0.267 e. The number of carbonyl (C=O) groups is 1. The number of nitro groups is 1. The summed E-state index contributed by atoms with van der Waals surface area (Å²) in [5.41, 5.74) is 4.36. The molecule has 6 nitrogen and oxygen atoms in total. The molecule has 1 N–H and O–H groups in total. The summed E-state index contributed by atoms with van der Waals surface area (Å²) >= 11 is 5.81. The third kappa shape index (κ3) is 4.14. The van der Waals surface area contributed by atoms with E-state index in [4.69, 9.17) is 11.6 Å². The number of hydrogen-bond acceptors (Lipinski definition) is 4. The van der Waals surface area contributed by atoms with E-state index in [2.05, 4.69) is 10.5 Å².